The van der Waals surface area contributed by atoms with Crippen molar-refractivity contribution in [2.24, 2.45) is 0 Å². The van der Waals surface area contributed by atoms with Gasteiger partial charge in [0.05, 0.1) is 7.11 Å². The van der Waals surface area contributed by atoms with Crippen LogP contribution in [0.5, 0.6) is 0 Å². The molecule has 0 bridgehead atoms. The maximum Gasteiger partial charge on any atom is 0.324 e. The zero-order chi connectivity index (χ0) is 7.28. The lowest BCUT2D eigenvalue weighted by Gasteiger charge is -2.06. The summed E-state index contributed by atoms with van der Waals surface area (Å²) in [5, 5.41) is 0. The molecule has 0 saturated heterocycles. The summed E-state index contributed by atoms with van der Waals surface area (Å²) in [6.07, 6.45) is 0. The quantitative estimate of drug-likeness (QED) is 0.360. The SMILES string of the molecule is COC(=O)[C@H](CS)NCl. The molecule has 0 saturated carbocycles. The van der Waals surface area contributed by atoms with Gasteiger partial charge in [-0.3, -0.25) is 4.79 Å². The van der Waals surface area contributed by atoms with Gasteiger partial charge in [-0.25, -0.2) is 4.84 Å². The number of thiol groups is 1. The Kier molecular flexibility index (Phi) is 4.94. The lowest BCUT2D eigenvalue weighted by atomic mass is 10.4. The topological polar surface area (TPSA) is 38.3 Å². The molecule has 5 heteroatoms. The first-order valence-corrected chi connectivity index (χ1v) is 3.32. The van der Waals surface area contributed by atoms with Gasteiger partial charge in [0.2, 0.25) is 0 Å². The van der Waals surface area contributed by atoms with Crippen molar-refractivity contribution in [1.82, 2.24) is 4.84 Å². The molecule has 1 N–H and O–H groups in total. The van der Waals surface area contributed by atoms with Crippen molar-refractivity contribution in [2.75, 3.05) is 12.9 Å². The van der Waals surface area contributed by atoms with E-state index in [1.54, 1.807) is 0 Å². The average Bonchev–Trinajstić information content (AvgIpc) is 1.90. The van der Waals surface area contributed by atoms with Gasteiger partial charge in [0.15, 0.2) is 0 Å². The third kappa shape index (κ3) is 2.93. The minimum Gasteiger partial charge on any atom is -0.468 e. The van der Waals surface area contributed by atoms with Crippen LogP contribution in [0.2, 0.25) is 0 Å². The van der Waals surface area contributed by atoms with Crippen molar-refractivity contribution in [3.8, 4) is 0 Å². The van der Waals surface area contributed by atoms with E-state index in [0.29, 0.717) is 5.75 Å². The van der Waals surface area contributed by atoms with Gasteiger partial charge >= 0.3 is 5.97 Å². The maximum atomic E-state index is 10.6. The molecule has 54 valence electrons. The molecule has 0 aromatic carbocycles. The van der Waals surface area contributed by atoms with Crippen LogP contribution in [0.4, 0.5) is 0 Å². The summed E-state index contributed by atoms with van der Waals surface area (Å²) in [6.45, 7) is 0. The van der Waals surface area contributed by atoms with Gasteiger partial charge in [-0.05, 0) is 11.8 Å². The number of esters is 1. The highest BCUT2D eigenvalue weighted by atomic mass is 35.5. The first-order chi connectivity index (χ1) is 4.26. The number of ether oxygens (including phenoxy) is 1. The third-order valence-electron chi connectivity index (χ3n) is 0.800. The molecule has 0 heterocycles. The number of carbonyl (C=O) groups is 1. The Hall–Kier alpha value is 0.0700. The molecule has 0 radical (unpaired) electrons. The van der Waals surface area contributed by atoms with Crippen molar-refractivity contribution in [3.05, 3.63) is 0 Å². The Bertz CT molecular complexity index is 96.6. The molecule has 9 heavy (non-hydrogen) atoms. The number of hydrogen-bond donors (Lipinski definition) is 2. The van der Waals surface area contributed by atoms with Crippen molar-refractivity contribution in [2.45, 2.75) is 6.04 Å². The number of nitrogens with one attached hydrogen (secondary N) is 1. The van der Waals surface area contributed by atoms with Crippen LogP contribution in [0.25, 0.3) is 0 Å². The highest BCUT2D eigenvalue weighted by Gasteiger charge is 2.14. The Morgan fingerprint density at radius 3 is 2.67 bits per heavy atom. The van der Waals surface area contributed by atoms with Crippen molar-refractivity contribution in [1.29, 1.82) is 0 Å². The number of hydrogen-bond acceptors (Lipinski definition) is 4. The minimum atomic E-state index is -0.514. The van der Waals surface area contributed by atoms with Gasteiger partial charge in [-0.15, -0.1) is 0 Å². The molecule has 3 nitrogen and oxygen atoms in total. The summed E-state index contributed by atoms with van der Waals surface area (Å²) in [7, 11) is 1.30. The van der Waals surface area contributed by atoms with Crippen molar-refractivity contribution >= 4 is 30.4 Å². The smallest absolute Gasteiger partial charge is 0.324 e. The molecule has 0 aliphatic rings. The number of halogens is 1. The van der Waals surface area contributed by atoms with E-state index in [9.17, 15) is 4.79 Å². The molecule has 0 spiro atoms. The van der Waals surface area contributed by atoms with Crippen LogP contribution in [0.1, 0.15) is 0 Å². The molecule has 0 fully saturated rings. The molecule has 0 aliphatic heterocycles. The molecular formula is C4H8ClNO2S. The molecule has 0 rings (SSSR count). The lowest BCUT2D eigenvalue weighted by molar-refractivity contribution is -0.141. The van der Waals surface area contributed by atoms with Crippen LogP contribution in [-0.2, 0) is 9.53 Å². The Morgan fingerprint density at radius 2 is 2.56 bits per heavy atom. The Balaban J connectivity index is 3.64. The van der Waals surface area contributed by atoms with Gasteiger partial charge in [-0.2, -0.15) is 12.6 Å². The van der Waals surface area contributed by atoms with Gasteiger partial charge in [0.25, 0.3) is 0 Å². The molecule has 0 unspecified atom stereocenters. The normalized spacial score (nSPS) is 12.8. The Labute approximate surface area is 64.2 Å². The predicted octanol–water partition coefficient (Wildman–Crippen LogP) is 0.201. The average molecular weight is 170 g/mol. The van der Waals surface area contributed by atoms with Crippen molar-refractivity contribution < 1.29 is 9.53 Å². The zero-order valence-electron chi connectivity index (χ0n) is 4.93. The van der Waals surface area contributed by atoms with Crippen LogP contribution in [0, 0.1) is 0 Å². The number of carbonyl (C=O) groups excluding carboxylic acids is 1. The molecule has 1 atom stereocenters. The fourth-order valence-electron chi connectivity index (χ4n) is 0.296. The molecule has 0 aromatic heterocycles. The van der Waals surface area contributed by atoms with E-state index in [0.717, 1.165) is 0 Å². The van der Waals surface area contributed by atoms with Gasteiger partial charge < -0.3 is 4.74 Å². The maximum absolute atomic E-state index is 10.6. The van der Waals surface area contributed by atoms with E-state index in [-0.39, 0.29) is 0 Å². The predicted molar refractivity (Wildman–Crippen MR) is 38.6 cm³/mol. The third-order valence-corrected chi connectivity index (χ3v) is 1.43. The largest absolute Gasteiger partial charge is 0.468 e. The van der Waals surface area contributed by atoms with E-state index in [1.165, 1.54) is 7.11 Å². The van der Waals surface area contributed by atoms with Crippen LogP contribution in [0.3, 0.4) is 0 Å². The first-order valence-electron chi connectivity index (χ1n) is 2.31. The summed E-state index contributed by atoms with van der Waals surface area (Å²) in [4.78, 5) is 12.8. The first kappa shape index (κ1) is 9.07. The second-order valence-electron chi connectivity index (χ2n) is 1.37. The summed E-state index contributed by atoms with van der Waals surface area (Å²) >= 11 is 8.98. The second-order valence-corrected chi connectivity index (χ2v) is 1.95. The van der Waals surface area contributed by atoms with E-state index >= 15 is 0 Å². The molecular weight excluding hydrogens is 162 g/mol. The zero-order valence-corrected chi connectivity index (χ0v) is 6.58. The number of rotatable bonds is 3. The summed E-state index contributed by atoms with van der Waals surface area (Å²) in [5.74, 6) is -0.0732. The fraction of sp³-hybridized carbons (Fsp3) is 0.750. The van der Waals surface area contributed by atoms with Crippen LogP contribution in [-0.4, -0.2) is 24.9 Å². The summed E-state index contributed by atoms with van der Waals surface area (Å²) in [5.41, 5.74) is 0. The molecule has 0 aliphatic carbocycles. The minimum absolute atomic E-state index is 0.330. The Morgan fingerprint density at radius 1 is 2.00 bits per heavy atom. The fourth-order valence-corrected chi connectivity index (χ4v) is 0.810. The van der Waals surface area contributed by atoms with Crippen molar-refractivity contribution in [3.63, 3.8) is 0 Å². The standard InChI is InChI=1S/C4H8ClNO2S/c1-8-4(7)3(2-9)6-5/h3,6,9H,2H2,1H3/t3-/m0/s1. The van der Waals surface area contributed by atoms with Crippen LogP contribution in [0.15, 0.2) is 0 Å². The molecule has 0 aromatic rings. The van der Waals surface area contributed by atoms with E-state index in [4.69, 9.17) is 11.8 Å². The number of methoxy groups -OCH3 is 1. The second kappa shape index (κ2) is 4.90. The highest BCUT2D eigenvalue weighted by molar-refractivity contribution is 7.80. The van der Waals surface area contributed by atoms with Gasteiger partial charge in [0.1, 0.15) is 6.04 Å². The van der Waals surface area contributed by atoms with Gasteiger partial charge in [0, 0.05) is 5.75 Å². The van der Waals surface area contributed by atoms with E-state index in [1.807, 2.05) is 0 Å². The highest BCUT2D eigenvalue weighted by Crippen LogP contribution is 1.91. The van der Waals surface area contributed by atoms with Gasteiger partial charge in [-0.1, -0.05) is 0 Å². The van der Waals surface area contributed by atoms with E-state index in [2.05, 4.69) is 22.2 Å². The molecule has 0 amide bonds. The summed E-state index contributed by atoms with van der Waals surface area (Å²) in [6, 6.07) is -0.514. The summed E-state index contributed by atoms with van der Waals surface area (Å²) < 4.78 is 4.36. The van der Waals surface area contributed by atoms with Crippen LogP contribution < -0.4 is 4.84 Å². The van der Waals surface area contributed by atoms with Crippen LogP contribution >= 0.6 is 24.4 Å². The lowest BCUT2D eigenvalue weighted by Crippen LogP contribution is -2.33. The van der Waals surface area contributed by atoms with E-state index < -0.39 is 12.0 Å². The monoisotopic (exact) mass is 169 g/mol.